The maximum atomic E-state index is 13.9. The van der Waals surface area contributed by atoms with Gasteiger partial charge in [-0.3, -0.25) is 0 Å². The molecule has 0 spiro atoms. The molecule has 3 N–H and O–H groups in total. The third-order valence-corrected chi connectivity index (χ3v) is 4.43. The van der Waals surface area contributed by atoms with Crippen LogP contribution in [0.3, 0.4) is 0 Å². The molecule has 0 saturated carbocycles. The molecule has 2 aromatic heterocycles. The summed E-state index contributed by atoms with van der Waals surface area (Å²) in [5, 5.41) is 7.15. The van der Waals surface area contributed by atoms with E-state index in [4.69, 9.17) is 0 Å². The van der Waals surface area contributed by atoms with E-state index in [1.807, 2.05) is 24.4 Å². The zero-order valence-corrected chi connectivity index (χ0v) is 15.3. The van der Waals surface area contributed by atoms with Gasteiger partial charge >= 0.3 is 0 Å². The third-order valence-electron chi connectivity index (χ3n) is 4.43. The molecule has 7 heteroatoms. The first-order valence-electron chi connectivity index (χ1n) is 8.96. The monoisotopic (exact) mass is 379 g/mol. The van der Waals surface area contributed by atoms with Crippen LogP contribution in [0.2, 0.25) is 0 Å². The molecule has 28 heavy (non-hydrogen) atoms. The lowest BCUT2D eigenvalue weighted by Crippen LogP contribution is -2.09. The van der Waals surface area contributed by atoms with Crippen LogP contribution in [0.15, 0.2) is 54.7 Å². The number of aromatic amines is 1. The lowest BCUT2D eigenvalue weighted by atomic mass is 10.1. The molecule has 5 nitrogen and oxygen atoms in total. The third kappa shape index (κ3) is 3.78. The molecule has 0 atom stereocenters. The van der Waals surface area contributed by atoms with Crippen LogP contribution in [-0.4, -0.2) is 21.5 Å². The van der Waals surface area contributed by atoms with Crippen molar-refractivity contribution in [1.82, 2.24) is 15.0 Å². The van der Waals surface area contributed by atoms with Gasteiger partial charge in [-0.25, -0.2) is 18.7 Å². The van der Waals surface area contributed by atoms with Crippen molar-refractivity contribution in [1.29, 1.82) is 0 Å². The van der Waals surface area contributed by atoms with Gasteiger partial charge in [0.25, 0.3) is 0 Å². The van der Waals surface area contributed by atoms with Crippen molar-refractivity contribution in [3.63, 3.8) is 0 Å². The molecule has 0 bridgehead atoms. The van der Waals surface area contributed by atoms with E-state index >= 15 is 0 Å². The second-order valence-electron chi connectivity index (χ2n) is 6.44. The molecule has 0 aliphatic heterocycles. The fourth-order valence-electron chi connectivity index (χ4n) is 3.13. The van der Waals surface area contributed by atoms with Crippen LogP contribution in [0.1, 0.15) is 11.4 Å². The van der Waals surface area contributed by atoms with Crippen LogP contribution in [0.25, 0.3) is 10.9 Å². The number of aromatic nitrogens is 3. The highest BCUT2D eigenvalue weighted by Gasteiger charge is 2.10. The number of aryl methyl sites for hydroxylation is 1. The number of para-hydroxylation sites is 2. The first kappa shape index (κ1) is 17.9. The summed E-state index contributed by atoms with van der Waals surface area (Å²) >= 11 is 0. The SMILES string of the molecule is Cc1nc(NCCc2c[nH]c3ccccc23)cc(Nc2c(F)cccc2F)n1. The van der Waals surface area contributed by atoms with Gasteiger partial charge in [-0.15, -0.1) is 0 Å². The molecule has 0 fully saturated rings. The predicted molar refractivity (Wildman–Crippen MR) is 107 cm³/mol. The molecular weight excluding hydrogens is 360 g/mol. The number of hydrogen-bond donors (Lipinski definition) is 3. The van der Waals surface area contributed by atoms with Crippen molar-refractivity contribution >= 4 is 28.2 Å². The minimum atomic E-state index is -0.676. The Bertz CT molecular complexity index is 1100. The normalized spacial score (nSPS) is 11.0. The lowest BCUT2D eigenvalue weighted by molar-refractivity contribution is 0.590. The minimum Gasteiger partial charge on any atom is -0.370 e. The van der Waals surface area contributed by atoms with Gasteiger partial charge in [0, 0.05) is 29.7 Å². The molecule has 4 rings (SSSR count). The molecular formula is C21H19F2N5. The van der Waals surface area contributed by atoms with Crippen LogP contribution in [-0.2, 0) is 6.42 Å². The number of benzene rings is 2. The Labute approximate surface area is 160 Å². The van der Waals surface area contributed by atoms with E-state index < -0.39 is 11.6 Å². The molecule has 2 aromatic carbocycles. The van der Waals surface area contributed by atoms with E-state index in [0.717, 1.165) is 11.9 Å². The summed E-state index contributed by atoms with van der Waals surface area (Å²) in [5.74, 6) is 0.0595. The maximum Gasteiger partial charge on any atom is 0.149 e. The van der Waals surface area contributed by atoms with Crippen molar-refractivity contribution in [2.24, 2.45) is 0 Å². The molecule has 0 aliphatic carbocycles. The summed E-state index contributed by atoms with van der Waals surface area (Å²) < 4.78 is 27.7. The number of nitrogens with zero attached hydrogens (tertiary/aromatic N) is 2. The number of rotatable bonds is 6. The molecule has 0 amide bonds. The van der Waals surface area contributed by atoms with Gasteiger partial charge < -0.3 is 15.6 Å². The number of H-pyrrole nitrogens is 1. The molecule has 142 valence electrons. The van der Waals surface area contributed by atoms with Crippen molar-refractivity contribution in [2.75, 3.05) is 17.2 Å². The Morgan fingerprint density at radius 3 is 2.54 bits per heavy atom. The highest BCUT2D eigenvalue weighted by atomic mass is 19.1. The second kappa shape index (κ2) is 7.64. The zero-order chi connectivity index (χ0) is 19.5. The van der Waals surface area contributed by atoms with Gasteiger partial charge in [0.1, 0.15) is 34.8 Å². The van der Waals surface area contributed by atoms with E-state index in [1.54, 1.807) is 13.0 Å². The highest BCUT2D eigenvalue weighted by Crippen LogP contribution is 2.23. The first-order valence-corrected chi connectivity index (χ1v) is 8.96. The van der Waals surface area contributed by atoms with Crippen molar-refractivity contribution in [2.45, 2.75) is 13.3 Å². The molecule has 2 heterocycles. The average Bonchev–Trinajstić information content (AvgIpc) is 3.08. The quantitative estimate of drug-likeness (QED) is 0.444. The van der Waals surface area contributed by atoms with Gasteiger partial charge in [-0.05, 0) is 37.1 Å². The van der Waals surface area contributed by atoms with E-state index in [-0.39, 0.29) is 5.69 Å². The number of nitrogens with one attached hydrogen (secondary N) is 3. The topological polar surface area (TPSA) is 65.6 Å². The van der Waals surface area contributed by atoms with Crippen LogP contribution >= 0.6 is 0 Å². The van der Waals surface area contributed by atoms with E-state index in [1.165, 1.54) is 29.1 Å². The lowest BCUT2D eigenvalue weighted by Gasteiger charge is -2.11. The van der Waals surface area contributed by atoms with Gasteiger partial charge in [-0.2, -0.15) is 0 Å². The fourth-order valence-corrected chi connectivity index (χ4v) is 3.13. The largest absolute Gasteiger partial charge is 0.370 e. The zero-order valence-electron chi connectivity index (χ0n) is 15.3. The van der Waals surface area contributed by atoms with Gasteiger partial charge in [0.05, 0.1) is 0 Å². The van der Waals surface area contributed by atoms with Crippen LogP contribution in [0, 0.1) is 18.6 Å². The molecule has 0 radical (unpaired) electrons. The highest BCUT2D eigenvalue weighted by molar-refractivity contribution is 5.83. The molecule has 0 unspecified atom stereocenters. The van der Waals surface area contributed by atoms with Crippen LogP contribution in [0.5, 0.6) is 0 Å². The van der Waals surface area contributed by atoms with E-state index in [2.05, 4.69) is 31.7 Å². The van der Waals surface area contributed by atoms with Gasteiger partial charge in [-0.1, -0.05) is 24.3 Å². The summed E-state index contributed by atoms with van der Waals surface area (Å²) in [6.45, 7) is 2.39. The second-order valence-corrected chi connectivity index (χ2v) is 6.44. The summed E-state index contributed by atoms with van der Waals surface area (Å²) in [5.41, 5.74) is 2.08. The number of anilines is 3. The Hall–Kier alpha value is -3.48. The summed E-state index contributed by atoms with van der Waals surface area (Å²) in [6, 6.07) is 13.5. The minimum absolute atomic E-state index is 0.231. The van der Waals surface area contributed by atoms with E-state index in [9.17, 15) is 8.78 Å². The van der Waals surface area contributed by atoms with Crippen LogP contribution < -0.4 is 10.6 Å². The van der Waals surface area contributed by atoms with E-state index in [0.29, 0.717) is 24.0 Å². The Morgan fingerprint density at radius 2 is 1.71 bits per heavy atom. The summed E-state index contributed by atoms with van der Waals surface area (Å²) in [4.78, 5) is 11.8. The van der Waals surface area contributed by atoms with Gasteiger partial charge in [0.15, 0.2) is 0 Å². The smallest absolute Gasteiger partial charge is 0.149 e. The summed E-state index contributed by atoms with van der Waals surface area (Å²) in [6.07, 6.45) is 2.81. The Balaban J connectivity index is 1.46. The average molecular weight is 379 g/mol. The van der Waals surface area contributed by atoms with Crippen molar-refractivity contribution in [3.05, 3.63) is 77.8 Å². The molecule has 0 aliphatic rings. The number of hydrogen-bond acceptors (Lipinski definition) is 4. The van der Waals surface area contributed by atoms with Crippen LogP contribution in [0.4, 0.5) is 26.1 Å². The summed E-state index contributed by atoms with van der Waals surface area (Å²) in [7, 11) is 0. The Morgan fingerprint density at radius 1 is 0.964 bits per heavy atom. The first-order chi connectivity index (χ1) is 13.6. The maximum absolute atomic E-state index is 13.9. The van der Waals surface area contributed by atoms with Crippen molar-refractivity contribution in [3.8, 4) is 0 Å². The fraction of sp³-hybridized carbons (Fsp3) is 0.143. The van der Waals surface area contributed by atoms with Gasteiger partial charge in [0.2, 0.25) is 0 Å². The number of fused-ring (bicyclic) bond motifs is 1. The number of halogens is 2. The predicted octanol–water partition coefficient (Wildman–Crippen LogP) is 4.94. The molecule has 0 saturated heterocycles. The van der Waals surface area contributed by atoms with Crippen molar-refractivity contribution < 1.29 is 8.78 Å². The Kier molecular flexibility index (Phi) is 4.89. The molecule has 4 aromatic rings. The standard InChI is InChI=1S/C21H19F2N5/c1-13-26-19(11-20(27-13)28-21-16(22)6-4-7-17(21)23)24-10-9-14-12-25-18-8-3-2-5-15(14)18/h2-8,11-12,25H,9-10H2,1H3,(H2,24,26,27,28).